The summed E-state index contributed by atoms with van der Waals surface area (Å²) >= 11 is 0. The maximum atomic E-state index is 2.42. The van der Waals surface area contributed by atoms with Gasteiger partial charge in [0.1, 0.15) is 0 Å². The minimum absolute atomic E-state index is 0.108. The first kappa shape index (κ1) is 41.7. The molecule has 2 nitrogen and oxygen atoms in total. The molecule has 2 heteroatoms. The molecule has 0 saturated heterocycles. The smallest absolute Gasteiger partial charge is 0.0468 e. The van der Waals surface area contributed by atoms with Crippen LogP contribution in [0.2, 0.25) is 0 Å². The third-order valence-corrected chi connectivity index (χ3v) is 15.4. The van der Waals surface area contributed by atoms with Crippen LogP contribution in [0.15, 0.2) is 243 Å². The maximum absolute atomic E-state index is 2.42. The lowest BCUT2D eigenvalue weighted by atomic mass is 9.82. The van der Waals surface area contributed by atoms with Gasteiger partial charge in [0.05, 0.1) is 0 Å². The molecule has 0 amide bonds. The number of anilines is 6. The van der Waals surface area contributed by atoms with Crippen molar-refractivity contribution in [1.29, 1.82) is 0 Å². The normalized spacial score (nSPS) is 13.7. The monoisotopic (exact) mass is 896 g/mol. The molecule has 0 bridgehead atoms. The second-order valence-corrected chi connectivity index (χ2v) is 20.2. The second-order valence-electron chi connectivity index (χ2n) is 20.2. The van der Waals surface area contributed by atoms with Crippen LogP contribution in [-0.2, 0) is 10.8 Å². The summed E-state index contributed by atoms with van der Waals surface area (Å²) in [6, 6.07) is 89.9. The van der Waals surface area contributed by atoms with Gasteiger partial charge in [-0.15, -0.1) is 0 Å². The minimum atomic E-state index is -0.108. The van der Waals surface area contributed by atoms with Crippen molar-refractivity contribution in [3.63, 3.8) is 0 Å². The molecular weight excluding hydrogens is 845 g/mol. The Balaban J connectivity index is 0.868. The Bertz CT molecular complexity index is 3580. The summed E-state index contributed by atoms with van der Waals surface area (Å²) in [5.41, 5.74) is 22.1. The number of hydrogen-bond donors (Lipinski definition) is 0. The molecule has 0 saturated carbocycles. The van der Waals surface area contributed by atoms with Crippen LogP contribution in [0.3, 0.4) is 0 Å². The van der Waals surface area contributed by atoms with Crippen molar-refractivity contribution in [3.05, 3.63) is 265 Å². The summed E-state index contributed by atoms with van der Waals surface area (Å²) in [4.78, 5) is 4.84. The van der Waals surface area contributed by atoms with Gasteiger partial charge in [0.2, 0.25) is 0 Å². The molecular formula is C68H52N2. The maximum Gasteiger partial charge on any atom is 0.0468 e. The second kappa shape index (κ2) is 16.1. The van der Waals surface area contributed by atoms with Crippen molar-refractivity contribution in [2.45, 2.75) is 38.5 Å². The Morgan fingerprint density at radius 2 is 0.529 bits per heavy atom. The van der Waals surface area contributed by atoms with Crippen LogP contribution in [0.1, 0.15) is 49.9 Å². The first-order chi connectivity index (χ1) is 34.2. The standard InChI is InChI=1S/C68H52N2/c1-67(2)63-23-13-11-21-59(63)61-39-37-55(43-65(61)67)69(53-35-25-45-15-5-7-17-49(45)41-53)51-31-27-47(28-32-51)57-19-9-10-20-58(57)48-29-33-52(34-30-48)70(54-36-26-46-16-6-8-18-50(46)42-54)56-38-40-62-60-22-12-14-24-64(60)68(3,4)66(62)44-56/h5-44H,1-4H3. The highest BCUT2D eigenvalue weighted by Gasteiger charge is 2.37. The zero-order chi connectivity index (χ0) is 47.1. The fraction of sp³-hybridized carbons (Fsp3) is 0.0882. The highest BCUT2D eigenvalue weighted by Crippen LogP contribution is 2.53. The topological polar surface area (TPSA) is 6.48 Å². The van der Waals surface area contributed by atoms with Gasteiger partial charge in [-0.25, -0.2) is 0 Å². The molecule has 11 aromatic rings. The van der Waals surface area contributed by atoms with Gasteiger partial charge in [-0.05, 0) is 161 Å². The molecule has 0 atom stereocenters. The Hall–Kier alpha value is -8.46. The van der Waals surface area contributed by atoms with E-state index in [1.165, 1.54) is 88.3 Å². The predicted octanol–water partition coefficient (Wildman–Crippen LogP) is 18.9. The molecule has 13 rings (SSSR count). The Morgan fingerprint density at radius 1 is 0.229 bits per heavy atom. The molecule has 0 fully saturated rings. The number of fused-ring (bicyclic) bond motifs is 8. The molecule has 0 heterocycles. The summed E-state index contributed by atoms with van der Waals surface area (Å²) in [5.74, 6) is 0. The van der Waals surface area contributed by atoms with E-state index in [-0.39, 0.29) is 10.8 Å². The van der Waals surface area contributed by atoms with E-state index < -0.39 is 0 Å². The van der Waals surface area contributed by atoms with E-state index >= 15 is 0 Å². The van der Waals surface area contributed by atoms with Crippen LogP contribution >= 0.6 is 0 Å². The van der Waals surface area contributed by atoms with Gasteiger partial charge in [-0.1, -0.05) is 198 Å². The molecule has 70 heavy (non-hydrogen) atoms. The number of rotatable bonds is 8. The fourth-order valence-electron chi connectivity index (χ4n) is 11.8. The van der Waals surface area contributed by atoms with E-state index in [1.807, 2.05) is 0 Å². The van der Waals surface area contributed by atoms with E-state index in [4.69, 9.17) is 0 Å². The average Bonchev–Trinajstić information content (AvgIpc) is 3.78. The number of hydrogen-bond acceptors (Lipinski definition) is 2. The molecule has 0 N–H and O–H groups in total. The summed E-state index contributed by atoms with van der Waals surface area (Å²) in [6.45, 7) is 9.43. The lowest BCUT2D eigenvalue weighted by Crippen LogP contribution is -2.16. The largest absolute Gasteiger partial charge is 0.310 e. The van der Waals surface area contributed by atoms with Gasteiger partial charge in [0.25, 0.3) is 0 Å². The van der Waals surface area contributed by atoms with Crippen molar-refractivity contribution in [2.24, 2.45) is 0 Å². The van der Waals surface area contributed by atoms with E-state index in [1.54, 1.807) is 0 Å². The Morgan fingerprint density at radius 3 is 0.943 bits per heavy atom. The van der Waals surface area contributed by atoms with E-state index in [0.29, 0.717) is 0 Å². The predicted molar refractivity (Wildman–Crippen MR) is 297 cm³/mol. The van der Waals surface area contributed by atoms with Gasteiger partial charge in [-0.2, -0.15) is 0 Å². The van der Waals surface area contributed by atoms with Crippen LogP contribution in [-0.4, -0.2) is 0 Å². The molecule has 2 aliphatic rings. The quantitative estimate of drug-likeness (QED) is 0.150. The number of nitrogens with zero attached hydrogens (tertiary/aromatic N) is 2. The molecule has 0 unspecified atom stereocenters. The Labute approximate surface area is 411 Å². The van der Waals surface area contributed by atoms with Gasteiger partial charge in [0, 0.05) is 45.0 Å². The molecule has 11 aromatic carbocycles. The van der Waals surface area contributed by atoms with Crippen molar-refractivity contribution in [2.75, 3.05) is 9.80 Å². The summed E-state index contributed by atoms with van der Waals surface area (Å²) in [6.07, 6.45) is 0. The zero-order valence-electron chi connectivity index (χ0n) is 40.0. The minimum Gasteiger partial charge on any atom is -0.310 e. The van der Waals surface area contributed by atoms with Crippen LogP contribution in [0.4, 0.5) is 34.1 Å². The van der Waals surface area contributed by atoms with E-state index in [2.05, 4.69) is 280 Å². The van der Waals surface area contributed by atoms with Gasteiger partial charge in [0.15, 0.2) is 0 Å². The third-order valence-electron chi connectivity index (χ3n) is 15.4. The lowest BCUT2D eigenvalue weighted by molar-refractivity contribution is 0.660. The molecule has 0 radical (unpaired) electrons. The third kappa shape index (κ3) is 6.70. The molecule has 2 aliphatic carbocycles. The van der Waals surface area contributed by atoms with Crippen LogP contribution in [0.25, 0.3) is 66.1 Å². The SMILES string of the molecule is CC1(C)c2ccccc2-c2ccc(N(c3ccc(-c4ccccc4-c4ccc(N(c5ccc6c(c5)C(C)(C)c5ccccc5-6)c5ccc6ccccc6c5)cc4)cc3)c3ccc4ccccc4c3)cc21. The molecule has 0 aliphatic heterocycles. The van der Waals surface area contributed by atoms with E-state index in [9.17, 15) is 0 Å². The van der Waals surface area contributed by atoms with Crippen molar-refractivity contribution >= 4 is 55.7 Å². The summed E-state index contributed by atoms with van der Waals surface area (Å²) < 4.78 is 0. The molecule has 0 aromatic heterocycles. The number of benzene rings is 11. The fourth-order valence-corrected chi connectivity index (χ4v) is 11.8. The van der Waals surface area contributed by atoms with Crippen LogP contribution in [0.5, 0.6) is 0 Å². The Kier molecular flexibility index (Phi) is 9.58. The zero-order valence-corrected chi connectivity index (χ0v) is 40.0. The highest BCUT2D eigenvalue weighted by molar-refractivity contribution is 5.94. The summed E-state index contributed by atoms with van der Waals surface area (Å²) in [7, 11) is 0. The van der Waals surface area contributed by atoms with Crippen molar-refractivity contribution in [1.82, 2.24) is 0 Å². The van der Waals surface area contributed by atoms with Crippen molar-refractivity contribution < 1.29 is 0 Å². The van der Waals surface area contributed by atoms with Crippen LogP contribution in [0, 0.1) is 0 Å². The molecule has 334 valence electrons. The first-order valence-electron chi connectivity index (χ1n) is 24.6. The van der Waals surface area contributed by atoms with Crippen molar-refractivity contribution in [3.8, 4) is 44.5 Å². The van der Waals surface area contributed by atoms with Gasteiger partial charge in [-0.3, -0.25) is 0 Å². The van der Waals surface area contributed by atoms with Gasteiger partial charge < -0.3 is 9.80 Å². The van der Waals surface area contributed by atoms with E-state index in [0.717, 1.165) is 34.1 Å². The highest BCUT2D eigenvalue weighted by atomic mass is 15.1. The lowest BCUT2D eigenvalue weighted by Gasteiger charge is -2.29. The van der Waals surface area contributed by atoms with Gasteiger partial charge >= 0.3 is 0 Å². The van der Waals surface area contributed by atoms with Crippen LogP contribution < -0.4 is 9.80 Å². The molecule has 0 spiro atoms. The average molecular weight is 897 g/mol. The summed E-state index contributed by atoms with van der Waals surface area (Å²) in [5, 5.41) is 4.91. The first-order valence-corrected chi connectivity index (χ1v) is 24.6.